The van der Waals surface area contributed by atoms with Crippen molar-refractivity contribution >= 4 is 17.3 Å². The van der Waals surface area contributed by atoms with E-state index in [0.29, 0.717) is 30.6 Å². The van der Waals surface area contributed by atoms with Gasteiger partial charge in [-0.25, -0.2) is 4.79 Å². The van der Waals surface area contributed by atoms with Crippen LogP contribution < -0.4 is 0 Å². The Morgan fingerprint density at radius 2 is 1.73 bits per heavy atom. The smallest absolute Gasteiger partial charge is 0.348 e. The van der Waals surface area contributed by atoms with E-state index in [0.717, 1.165) is 30.6 Å². The lowest BCUT2D eigenvalue weighted by atomic mass is 9.84. The monoisotopic (exact) mass is 476 g/mol. The van der Waals surface area contributed by atoms with Crippen LogP contribution in [0.15, 0.2) is 42.5 Å². The summed E-state index contributed by atoms with van der Waals surface area (Å²) in [5, 5.41) is 40.2. The Morgan fingerprint density at radius 3 is 2.45 bits per heavy atom. The highest BCUT2D eigenvalue weighted by Crippen LogP contribution is 2.39. The fourth-order valence-electron chi connectivity index (χ4n) is 4.83. The number of carbonyl (C=O) groups excluding carboxylic acids is 1. The minimum absolute atomic E-state index is 0.00117. The first kappa shape index (κ1) is 25.8. The van der Waals surface area contributed by atoms with Gasteiger partial charge >= 0.3 is 5.97 Å². The molecule has 182 valence electrons. The highest BCUT2D eigenvalue weighted by Gasteiger charge is 2.40. The Bertz CT molecular complexity index is 838. The summed E-state index contributed by atoms with van der Waals surface area (Å²) < 4.78 is 4.95. The SMILES string of the molecule is O=C(OCCO)c1ccc(CCC[C@@H]2[C@@H](CC[C@@H](O)CCc3ccccc3)[C@H](O)C[C@@H]2O)s1. The van der Waals surface area contributed by atoms with Crippen molar-refractivity contribution in [1.29, 1.82) is 0 Å². The number of esters is 1. The molecule has 0 spiro atoms. The van der Waals surface area contributed by atoms with Crippen LogP contribution in [-0.2, 0) is 17.6 Å². The number of thiophene rings is 1. The number of hydrogen-bond donors (Lipinski definition) is 4. The van der Waals surface area contributed by atoms with Crippen molar-refractivity contribution in [2.45, 2.75) is 69.7 Å². The summed E-state index contributed by atoms with van der Waals surface area (Å²) >= 11 is 1.39. The molecule has 0 bridgehead atoms. The van der Waals surface area contributed by atoms with Crippen molar-refractivity contribution in [3.8, 4) is 0 Å². The van der Waals surface area contributed by atoms with Crippen LogP contribution in [0.3, 0.4) is 0 Å². The molecule has 4 N–H and O–H groups in total. The van der Waals surface area contributed by atoms with E-state index in [9.17, 15) is 20.1 Å². The molecule has 33 heavy (non-hydrogen) atoms. The van der Waals surface area contributed by atoms with E-state index in [1.54, 1.807) is 6.07 Å². The predicted molar refractivity (Wildman–Crippen MR) is 128 cm³/mol. The summed E-state index contributed by atoms with van der Waals surface area (Å²) in [6.07, 6.45) is 4.25. The fraction of sp³-hybridized carbons (Fsp3) is 0.577. The zero-order valence-electron chi connectivity index (χ0n) is 19.0. The number of aliphatic hydroxyl groups excluding tert-OH is 4. The Balaban J connectivity index is 1.43. The van der Waals surface area contributed by atoms with Crippen LogP contribution in [-0.4, -0.2) is 57.9 Å². The molecular weight excluding hydrogens is 440 g/mol. The number of aryl methyl sites for hydroxylation is 2. The molecular formula is C26H36O6S. The van der Waals surface area contributed by atoms with Gasteiger partial charge in [0, 0.05) is 4.88 Å². The number of rotatable bonds is 13. The van der Waals surface area contributed by atoms with Crippen molar-refractivity contribution < 1.29 is 30.0 Å². The highest BCUT2D eigenvalue weighted by atomic mass is 32.1. The number of benzene rings is 1. The lowest BCUT2D eigenvalue weighted by molar-refractivity contribution is 0.0439. The second-order valence-electron chi connectivity index (χ2n) is 8.97. The second-order valence-corrected chi connectivity index (χ2v) is 10.1. The third-order valence-electron chi connectivity index (χ3n) is 6.61. The van der Waals surface area contributed by atoms with E-state index < -0.39 is 24.3 Å². The van der Waals surface area contributed by atoms with Crippen LogP contribution in [0.4, 0.5) is 0 Å². The largest absolute Gasteiger partial charge is 0.459 e. The first-order chi connectivity index (χ1) is 16.0. The molecule has 1 aliphatic carbocycles. The van der Waals surface area contributed by atoms with Crippen LogP contribution in [0.25, 0.3) is 0 Å². The number of carbonyl (C=O) groups is 1. The maximum absolute atomic E-state index is 11.9. The minimum atomic E-state index is -0.527. The summed E-state index contributed by atoms with van der Waals surface area (Å²) in [6, 6.07) is 13.8. The molecule has 1 aromatic heterocycles. The standard InChI is InChI=1S/C26H36O6S/c27-15-16-32-26(31)25-14-12-20(33-25)7-4-8-21-22(24(30)17-23(21)29)13-11-19(28)10-9-18-5-2-1-3-6-18/h1-3,5-6,12,14,19,21-24,27-30H,4,7-11,13,15-17H2/t19-,21+,22+,23-,24+/m0/s1. The second kappa shape index (κ2) is 13.2. The van der Waals surface area contributed by atoms with Gasteiger partial charge < -0.3 is 25.2 Å². The summed E-state index contributed by atoms with van der Waals surface area (Å²) in [5.41, 5.74) is 1.21. The van der Waals surface area contributed by atoms with E-state index in [1.165, 1.54) is 16.9 Å². The Labute approximate surface area is 199 Å². The van der Waals surface area contributed by atoms with Crippen molar-refractivity contribution in [2.75, 3.05) is 13.2 Å². The number of aliphatic hydroxyl groups is 4. The van der Waals surface area contributed by atoms with Gasteiger partial charge in [-0.3, -0.25) is 0 Å². The zero-order valence-corrected chi connectivity index (χ0v) is 19.8. The van der Waals surface area contributed by atoms with E-state index >= 15 is 0 Å². The fourth-order valence-corrected chi connectivity index (χ4v) is 5.77. The molecule has 1 fully saturated rings. The quantitative estimate of drug-likeness (QED) is 0.330. The third-order valence-corrected chi connectivity index (χ3v) is 7.74. The van der Waals surface area contributed by atoms with E-state index in [1.807, 2.05) is 24.3 Å². The normalized spacial score (nSPS) is 23.5. The van der Waals surface area contributed by atoms with E-state index in [2.05, 4.69) is 12.1 Å². The zero-order chi connectivity index (χ0) is 23.6. The molecule has 0 unspecified atom stereocenters. The average molecular weight is 477 g/mol. The molecule has 0 amide bonds. The number of hydrogen-bond acceptors (Lipinski definition) is 7. The van der Waals surface area contributed by atoms with Gasteiger partial charge in [-0.1, -0.05) is 30.3 Å². The molecule has 2 aromatic rings. The van der Waals surface area contributed by atoms with Crippen molar-refractivity contribution in [3.63, 3.8) is 0 Å². The molecule has 0 radical (unpaired) electrons. The summed E-state index contributed by atoms with van der Waals surface area (Å²) in [5.74, 6) is -0.394. The molecule has 6 nitrogen and oxygen atoms in total. The lowest BCUT2D eigenvalue weighted by Crippen LogP contribution is -2.24. The van der Waals surface area contributed by atoms with Crippen LogP contribution in [0, 0.1) is 11.8 Å². The molecule has 1 aromatic carbocycles. The third kappa shape index (κ3) is 7.90. The van der Waals surface area contributed by atoms with Crippen LogP contribution in [0.5, 0.6) is 0 Å². The first-order valence-electron chi connectivity index (χ1n) is 11.9. The highest BCUT2D eigenvalue weighted by molar-refractivity contribution is 7.13. The molecule has 7 heteroatoms. The summed E-state index contributed by atoms with van der Waals surface area (Å²) in [7, 11) is 0. The van der Waals surface area contributed by atoms with Gasteiger partial charge in [0.1, 0.15) is 11.5 Å². The van der Waals surface area contributed by atoms with Gasteiger partial charge in [0.2, 0.25) is 0 Å². The lowest BCUT2D eigenvalue weighted by Gasteiger charge is -2.24. The Hall–Kier alpha value is -1.77. The van der Waals surface area contributed by atoms with Crippen molar-refractivity contribution in [3.05, 3.63) is 57.8 Å². The van der Waals surface area contributed by atoms with Crippen LogP contribution in [0.1, 0.15) is 58.6 Å². The van der Waals surface area contributed by atoms with Gasteiger partial charge in [-0.15, -0.1) is 11.3 Å². The van der Waals surface area contributed by atoms with Gasteiger partial charge in [0.15, 0.2) is 0 Å². The molecule has 1 aliphatic rings. The van der Waals surface area contributed by atoms with E-state index in [4.69, 9.17) is 9.84 Å². The molecule has 0 saturated heterocycles. The number of ether oxygens (including phenoxy) is 1. The van der Waals surface area contributed by atoms with Gasteiger partial charge in [0.05, 0.1) is 24.9 Å². The molecule has 5 atom stereocenters. The Kier molecular flexibility index (Phi) is 10.3. The molecule has 0 aliphatic heterocycles. The topological polar surface area (TPSA) is 107 Å². The van der Waals surface area contributed by atoms with Crippen molar-refractivity contribution in [1.82, 2.24) is 0 Å². The minimum Gasteiger partial charge on any atom is -0.459 e. The average Bonchev–Trinajstić information content (AvgIpc) is 3.39. The van der Waals surface area contributed by atoms with Gasteiger partial charge in [-0.2, -0.15) is 0 Å². The molecule has 1 saturated carbocycles. The maximum Gasteiger partial charge on any atom is 0.348 e. The van der Waals surface area contributed by atoms with E-state index in [-0.39, 0.29) is 25.0 Å². The van der Waals surface area contributed by atoms with Crippen molar-refractivity contribution in [2.24, 2.45) is 11.8 Å². The summed E-state index contributed by atoms with van der Waals surface area (Å²) in [6.45, 7) is -0.193. The predicted octanol–water partition coefficient (Wildman–Crippen LogP) is 3.35. The Morgan fingerprint density at radius 1 is 1.00 bits per heavy atom. The first-order valence-corrected chi connectivity index (χ1v) is 12.7. The van der Waals surface area contributed by atoms with Crippen LogP contribution >= 0.6 is 11.3 Å². The van der Waals surface area contributed by atoms with Gasteiger partial charge in [-0.05, 0) is 80.9 Å². The summed E-state index contributed by atoms with van der Waals surface area (Å²) in [4.78, 5) is 13.5. The molecule has 1 heterocycles. The maximum atomic E-state index is 11.9. The van der Waals surface area contributed by atoms with Gasteiger partial charge in [0.25, 0.3) is 0 Å². The van der Waals surface area contributed by atoms with Crippen LogP contribution in [0.2, 0.25) is 0 Å². The molecule has 3 rings (SSSR count).